The monoisotopic (exact) mass is 409 g/mol. The molecule has 1 aromatic rings. The van der Waals surface area contributed by atoms with E-state index >= 15 is 0 Å². The van der Waals surface area contributed by atoms with E-state index in [-0.39, 0.29) is 12.3 Å². The van der Waals surface area contributed by atoms with Crippen LogP contribution in [0.1, 0.15) is 32.3 Å². The molecule has 4 atom stereocenters. The summed E-state index contributed by atoms with van der Waals surface area (Å²) < 4.78 is 0. The smallest absolute Gasteiger partial charge is 0.326 e. The highest BCUT2D eigenvalue weighted by atomic mass is 32.2. The maximum absolute atomic E-state index is 12.8. The molecule has 0 aliphatic carbocycles. The number of carboxylic acids is 1. The summed E-state index contributed by atoms with van der Waals surface area (Å²) in [4.78, 5) is 36.8. The minimum absolute atomic E-state index is 0.163. The van der Waals surface area contributed by atoms with Crippen LogP contribution < -0.4 is 16.4 Å². The normalized spacial score (nSPS) is 15.1. The van der Waals surface area contributed by atoms with Gasteiger partial charge in [-0.15, -0.1) is 0 Å². The molecule has 2 amide bonds. The van der Waals surface area contributed by atoms with E-state index in [2.05, 4.69) is 10.6 Å². The number of aliphatic carboxylic acids is 1. The Hall–Kier alpha value is -2.06. The SMILES string of the molecule is CC[C@H](C)[C@H](NC(=O)[C@@H](N)CCSC)C(=O)N[C@@H](Cc1ccccc1)C(=O)O. The molecule has 0 radical (unpaired) electrons. The van der Waals surface area contributed by atoms with E-state index in [0.29, 0.717) is 12.8 Å². The average molecular weight is 410 g/mol. The third-order valence-electron chi connectivity index (χ3n) is 4.66. The third-order valence-corrected chi connectivity index (χ3v) is 5.30. The Morgan fingerprint density at radius 3 is 2.32 bits per heavy atom. The summed E-state index contributed by atoms with van der Waals surface area (Å²) in [6, 6.07) is 6.46. The van der Waals surface area contributed by atoms with Crippen LogP contribution in [0, 0.1) is 5.92 Å². The second-order valence-electron chi connectivity index (χ2n) is 6.85. The highest BCUT2D eigenvalue weighted by Crippen LogP contribution is 2.11. The molecule has 0 aliphatic rings. The van der Waals surface area contributed by atoms with Gasteiger partial charge in [0.25, 0.3) is 0 Å². The van der Waals surface area contributed by atoms with Crippen LogP contribution in [0.5, 0.6) is 0 Å². The minimum atomic E-state index is -1.12. The Labute approximate surface area is 170 Å². The Bertz CT molecular complexity index is 642. The molecular formula is C20H31N3O4S. The fourth-order valence-corrected chi connectivity index (χ4v) is 3.14. The first-order chi connectivity index (χ1) is 13.3. The first-order valence-electron chi connectivity index (χ1n) is 9.42. The van der Waals surface area contributed by atoms with Crippen LogP contribution in [0.15, 0.2) is 30.3 Å². The molecule has 0 spiro atoms. The molecule has 0 aliphatic heterocycles. The average Bonchev–Trinajstić information content (AvgIpc) is 2.69. The number of amides is 2. The molecule has 1 aromatic carbocycles. The molecule has 0 unspecified atom stereocenters. The lowest BCUT2D eigenvalue weighted by atomic mass is 9.97. The van der Waals surface area contributed by atoms with E-state index < -0.39 is 35.9 Å². The standard InChI is InChI=1S/C20H31N3O4S/c1-4-13(2)17(23-18(24)15(21)10-11-28-3)19(25)22-16(20(26)27)12-14-8-6-5-7-9-14/h5-9,13,15-17H,4,10-12,21H2,1-3H3,(H,22,25)(H,23,24)(H,26,27)/t13-,15-,16-,17-/m0/s1. The van der Waals surface area contributed by atoms with E-state index in [1.165, 1.54) is 0 Å². The van der Waals surface area contributed by atoms with Crippen LogP contribution in [0.3, 0.4) is 0 Å². The number of nitrogens with one attached hydrogen (secondary N) is 2. The Morgan fingerprint density at radius 2 is 1.79 bits per heavy atom. The summed E-state index contributed by atoms with van der Waals surface area (Å²) in [5.74, 6) is -1.45. The van der Waals surface area contributed by atoms with Crippen LogP contribution >= 0.6 is 11.8 Å². The van der Waals surface area contributed by atoms with Crippen molar-refractivity contribution in [2.45, 2.75) is 51.2 Å². The largest absolute Gasteiger partial charge is 0.480 e. The molecule has 1 rings (SSSR count). The van der Waals surface area contributed by atoms with E-state index in [9.17, 15) is 19.5 Å². The maximum Gasteiger partial charge on any atom is 0.326 e. The van der Waals surface area contributed by atoms with E-state index in [4.69, 9.17) is 5.73 Å². The number of rotatable bonds is 12. The molecule has 7 nitrogen and oxygen atoms in total. The molecular weight excluding hydrogens is 378 g/mol. The van der Waals surface area contributed by atoms with E-state index in [1.54, 1.807) is 23.9 Å². The molecule has 0 heterocycles. The van der Waals surface area contributed by atoms with Crippen molar-refractivity contribution >= 4 is 29.5 Å². The lowest BCUT2D eigenvalue weighted by molar-refractivity contribution is -0.142. The van der Waals surface area contributed by atoms with Gasteiger partial charge < -0.3 is 21.5 Å². The van der Waals surface area contributed by atoms with Crippen molar-refractivity contribution in [2.75, 3.05) is 12.0 Å². The molecule has 0 fully saturated rings. The summed E-state index contributed by atoms with van der Waals surface area (Å²) >= 11 is 1.59. The number of carbonyl (C=O) groups is 3. The van der Waals surface area contributed by atoms with Crippen molar-refractivity contribution in [1.29, 1.82) is 0 Å². The zero-order chi connectivity index (χ0) is 21.1. The second-order valence-corrected chi connectivity index (χ2v) is 7.83. The predicted octanol–water partition coefficient (Wildman–Crippen LogP) is 1.41. The highest BCUT2D eigenvalue weighted by Gasteiger charge is 2.31. The molecule has 0 saturated heterocycles. The molecule has 28 heavy (non-hydrogen) atoms. The fourth-order valence-electron chi connectivity index (χ4n) is 2.65. The number of thioether (sulfide) groups is 1. The summed E-state index contributed by atoms with van der Waals surface area (Å²) in [6.07, 6.45) is 3.25. The maximum atomic E-state index is 12.8. The molecule has 0 saturated carbocycles. The van der Waals surface area contributed by atoms with E-state index in [1.807, 2.05) is 38.3 Å². The van der Waals surface area contributed by atoms with Crippen LogP contribution in [0.4, 0.5) is 0 Å². The highest BCUT2D eigenvalue weighted by molar-refractivity contribution is 7.98. The van der Waals surface area contributed by atoms with Crippen LogP contribution in [-0.4, -0.2) is 53.0 Å². The van der Waals surface area contributed by atoms with Gasteiger partial charge in [0.15, 0.2) is 0 Å². The van der Waals surface area contributed by atoms with Gasteiger partial charge in [0.05, 0.1) is 6.04 Å². The van der Waals surface area contributed by atoms with Gasteiger partial charge in [-0.25, -0.2) is 4.79 Å². The molecule has 0 bridgehead atoms. The lowest BCUT2D eigenvalue weighted by Crippen LogP contribution is -2.57. The van der Waals surface area contributed by atoms with Crippen molar-refractivity contribution in [3.05, 3.63) is 35.9 Å². The first-order valence-corrected chi connectivity index (χ1v) is 10.8. The van der Waals surface area contributed by atoms with Gasteiger partial charge in [-0.1, -0.05) is 50.6 Å². The van der Waals surface area contributed by atoms with Gasteiger partial charge in [0, 0.05) is 6.42 Å². The molecule has 0 aromatic heterocycles. The number of hydrogen-bond acceptors (Lipinski definition) is 5. The Morgan fingerprint density at radius 1 is 1.14 bits per heavy atom. The number of benzene rings is 1. The van der Waals surface area contributed by atoms with Crippen LogP contribution in [-0.2, 0) is 20.8 Å². The lowest BCUT2D eigenvalue weighted by Gasteiger charge is -2.26. The van der Waals surface area contributed by atoms with Crippen molar-refractivity contribution in [2.24, 2.45) is 11.7 Å². The van der Waals surface area contributed by atoms with Gasteiger partial charge in [-0.2, -0.15) is 11.8 Å². The van der Waals surface area contributed by atoms with E-state index in [0.717, 1.165) is 11.3 Å². The van der Waals surface area contributed by atoms with Crippen molar-refractivity contribution in [3.8, 4) is 0 Å². The summed E-state index contributed by atoms with van der Waals surface area (Å²) in [7, 11) is 0. The summed E-state index contributed by atoms with van der Waals surface area (Å²) in [5.41, 5.74) is 6.70. The fraction of sp³-hybridized carbons (Fsp3) is 0.550. The van der Waals surface area contributed by atoms with Gasteiger partial charge in [-0.05, 0) is 29.9 Å². The first kappa shape index (κ1) is 24.0. The number of nitrogens with two attached hydrogens (primary N) is 1. The molecule has 5 N–H and O–H groups in total. The van der Waals surface area contributed by atoms with Gasteiger partial charge in [0.1, 0.15) is 12.1 Å². The van der Waals surface area contributed by atoms with Gasteiger partial charge in [0.2, 0.25) is 11.8 Å². The van der Waals surface area contributed by atoms with Gasteiger partial charge in [-0.3, -0.25) is 9.59 Å². The summed E-state index contributed by atoms with van der Waals surface area (Å²) in [5, 5.41) is 14.8. The topological polar surface area (TPSA) is 122 Å². The van der Waals surface area contributed by atoms with Crippen molar-refractivity contribution in [3.63, 3.8) is 0 Å². The van der Waals surface area contributed by atoms with Crippen LogP contribution in [0.2, 0.25) is 0 Å². The minimum Gasteiger partial charge on any atom is -0.480 e. The number of carbonyl (C=O) groups excluding carboxylic acids is 2. The van der Waals surface area contributed by atoms with Gasteiger partial charge >= 0.3 is 5.97 Å². The predicted molar refractivity (Wildman–Crippen MR) is 112 cm³/mol. The quantitative estimate of drug-likeness (QED) is 0.414. The zero-order valence-corrected chi connectivity index (χ0v) is 17.5. The molecule has 8 heteroatoms. The second kappa shape index (κ2) is 12.4. The van der Waals surface area contributed by atoms with Crippen LogP contribution in [0.25, 0.3) is 0 Å². The number of carboxylic acid groups (broad SMARTS) is 1. The Kier molecular flexibility index (Phi) is 10.6. The summed E-state index contributed by atoms with van der Waals surface area (Å²) in [6.45, 7) is 3.74. The van der Waals surface area contributed by atoms with Crippen molar-refractivity contribution < 1.29 is 19.5 Å². The van der Waals surface area contributed by atoms with Crippen molar-refractivity contribution in [1.82, 2.24) is 10.6 Å². The third kappa shape index (κ3) is 7.90. The zero-order valence-electron chi connectivity index (χ0n) is 16.7. The Balaban J connectivity index is 2.84. The molecule has 156 valence electrons. The number of hydrogen-bond donors (Lipinski definition) is 4.